The van der Waals surface area contributed by atoms with E-state index in [1.54, 1.807) is 0 Å². The highest BCUT2D eigenvalue weighted by Gasteiger charge is 2.41. The van der Waals surface area contributed by atoms with E-state index < -0.39 is 5.54 Å². The van der Waals surface area contributed by atoms with Crippen LogP contribution in [0.2, 0.25) is 0 Å². The standard InChI is InChI=1S/C17H18N2O/c18-16(20)17(19-12-13-6-2-1-3-7-13)10-14-8-4-5-9-15(14)11-17/h1-9,19H,10-12H2,(H2,18,20). The van der Waals surface area contributed by atoms with E-state index in [4.69, 9.17) is 5.73 Å². The van der Waals surface area contributed by atoms with E-state index in [0.717, 1.165) is 5.56 Å². The van der Waals surface area contributed by atoms with Crippen LogP contribution in [0.3, 0.4) is 0 Å². The molecule has 1 aliphatic rings. The lowest BCUT2D eigenvalue weighted by Crippen LogP contribution is -2.56. The van der Waals surface area contributed by atoms with Crippen LogP contribution in [0.15, 0.2) is 54.6 Å². The molecule has 0 radical (unpaired) electrons. The van der Waals surface area contributed by atoms with Gasteiger partial charge in [-0.3, -0.25) is 10.1 Å². The fraction of sp³-hybridized carbons (Fsp3) is 0.235. The number of hydrogen-bond acceptors (Lipinski definition) is 2. The zero-order chi connectivity index (χ0) is 14.0. The van der Waals surface area contributed by atoms with Crippen LogP contribution in [0.4, 0.5) is 0 Å². The summed E-state index contributed by atoms with van der Waals surface area (Å²) in [6.45, 7) is 0.651. The van der Waals surface area contributed by atoms with E-state index in [1.807, 2.05) is 42.5 Å². The first-order valence-electron chi connectivity index (χ1n) is 6.85. The van der Waals surface area contributed by atoms with E-state index in [0.29, 0.717) is 19.4 Å². The average molecular weight is 266 g/mol. The predicted octanol–water partition coefficient (Wildman–Crippen LogP) is 1.80. The Labute approximate surface area is 118 Å². The number of rotatable bonds is 4. The molecule has 1 aliphatic carbocycles. The van der Waals surface area contributed by atoms with Gasteiger partial charge in [0.05, 0.1) is 0 Å². The van der Waals surface area contributed by atoms with Gasteiger partial charge in [0.15, 0.2) is 0 Å². The Morgan fingerprint density at radius 3 is 2.10 bits per heavy atom. The Hall–Kier alpha value is -2.13. The van der Waals surface area contributed by atoms with Crippen LogP contribution in [0.5, 0.6) is 0 Å². The van der Waals surface area contributed by atoms with E-state index >= 15 is 0 Å². The van der Waals surface area contributed by atoms with Crippen LogP contribution in [0.1, 0.15) is 16.7 Å². The number of fused-ring (bicyclic) bond motifs is 1. The van der Waals surface area contributed by atoms with Crippen LogP contribution in [-0.4, -0.2) is 11.4 Å². The zero-order valence-corrected chi connectivity index (χ0v) is 11.3. The minimum Gasteiger partial charge on any atom is -0.368 e. The first kappa shape index (κ1) is 12.9. The number of hydrogen-bond donors (Lipinski definition) is 2. The van der Waals surface area contributed by atoms with Crippen molar-refractivity contribution in [3.63, 3.8) is 0 Å². The summed E-state index contributed by atoms with van der Waals surface area (Å²) in [6.07, 6.45) is 1.34. The lowest BCUT2D eigenvalue weighted by Gasteiger charge is -2.27. The van der Waals surface area contributed by atoms with Crippen molar-refractivity contribution in [3.05, 3.63) is 71.3 Å². The van der Waals surface area contributed by atoms with E-state index in [1.165, 1.54) is 11.1 Å². The summed E-state index contributed by atoms with van der Waals surface area (Å²) in [7, 11) is 0. The van der Waals surface area contributed by atoms with Crippen molar-refractivity contribution in [1.29, 1.82) is 0 Å². The molecule has 0 saturated heterocycles. The summed E-state index contributed by atoms with van der Waals surface area (Å²) in [5.74, 6) is -0.273. The maximum absolute atomic E-state index is 12.0. The lowest BCUT2D eigenvalue weighted by molar-refractivity contribution is -0.124. The number of nitrogens with one attached hydrogen (secondary N) is 1. The molecule has 2 aromatic rings. The van der Waals surface area contributed by atoms with E-state index in [2.05, 4.69) is 17.4 Å². The molecular weight excluding hydrogens is 248 g/mol. The maximum Gasteiger partial charge on any atom is 0.238 e. The van der Waals surface area contributed by atoms with Crippen LogP contribution < -0.4 is 11.1 Å². The molecule has 1 amide bonds. The van der Waals surface area contributed by atoms with Crippen LogP contribution in [0.25, 0.3) is 0 Å². The van der Waals surface area contributed by atoms with Gasteiger partial charge in [-0.05, 0) is 16.7 Å². The third kappa shape index (κ3) is 2.32. The van der Waals surface area contributed by atoms with E-state index in [-0.39, 0.29) is 5.91 Å². The van der Waals surface area contributed by atoms with Crippen molar-refractivity contribution < 1.29 is 4.79 Å². The van der Waals surface area contributed by atoms with Gasteiger partial charge < -0.3 is 5.73 Å². The van der Waals surface area contributed by atoms with Gasteiger partial charge in [-0.15, -0.1) is 0 Å². The molecule has 2 aromatic carbocycles. The number of benzene rings is 2. The summed E-state index contributed by atoms with van der Waals surface area (Å²) in [4.78, 5) is 12.0. The van der Waals surface area contributed by atoms with Crippen molar-refractivity contribution in [2.45, 2.75) is 24.9 Å². The Balaban J connectivity index is 1.80. The zero-order valence-electron chi connectivity index (χ0n) is 11.3. The summed E-state index contributed by atoms with van der Waals surface area (Å²) in [5.41, 5.74) is 8.61. The van der Waals surface area contributed by atoms with Gasteiger partial charge in [0, 0.05) is 19.4 Å². The molecular formula is C17H18N2O. The second-order valence-corrected chi connectivity index (χ2v) is 5.41. The second-order valence-electron chi connectivity index (χ2n) is 5.41. The highest BCUT2D eigenvalue weighted by molar-refractivity contribution is 5.86. The Morgan fingerprint density at radius 2 is 1.55 bits per heavy atom. The summed E-state index contributed by atoms with van der Waals surface area (Å²) in [5, 5.41) is 3.38. The molecule has 0 fully saturated rings. The largest absolute Gasteiger partial charge is 0.368 e. The van der Waals surface area contributed by atoms with Crippen molar-refractivity contribution in [2.75, 3.05) is 0 Å². The number of carbonyl (C=O) groups excluding carboxylic acids is 1. The molecule has 20 heavy (non-hydrogen) atoms. The molecule has 0 bridgehead atoms. The van der Waals surface area contributed by atoms with Gasteiger partial charge in [-0.2, -0.15) is 0 Å². The predicted molar refractivity (Wildman–Crippen MR) is 79.1 cm³/mol. The van der Waals surface area contributed by atoms with Gasteiger partial charge in [0.1, 0.15) is 5.54 Å². The van der Waals surface area contributed by atoms with Gasteiger partial charge in [0.25, 0.3) is 0 Å². The fourth-order valence-corrected chi connectivity index (χ4v) is 2.87. The molecule has 0 unspecified atom stereocenters. The topological polar surface area (TPSA) is 55.1 Å². The third-order valence-electron chi connectivity index (χ3n) is 4.05. The molecule has 102 valence electrons. The molecule has 0 heterocycles. The first-order chi connectivity index (χ1) is 9.70. The Morgan fingerprint density at radius 1 is 1.00 bits per heavy atom. The first-order valence-corrected chi connectivity index (χ1v) is 6.85. The second kappa shape index (κ2) is 5.10. The van der Waals surface area contributed by atoms with Gasteiger partial charge in [-0.25, -0.2) is 0 Å². The van der Waals surface area contributed by atoms with Crippen LogP contribution in [-0.2, 0) is 24.2 Å². The molecule has 0 aliphatic heterocycles. The lowest BCUT2D eigenvalue weighted by atomic mass is 9.94. The van der Waals surface area contributed by atoms with Crippen LogP contribution in [0, 0.1) is 0 Å². The van der Waals surface area contributed by atoms with Gasteiger partial charge in [-0.1, -0.05) is 54.6 Å². The molecule has 3 N–H and O–H groups in total. The number of primary amides is 1. The van der Waals surface area contributed by atoms with Crippen molar-refractivity contribution in [3.8, 4) is 0 Å². The SMILES string of the molecule is NC(=O)C1(NCc2ccccc2)Cc2ccccc2C1. The smallest absolute Gasteiger partial charge is 0.238 e. The van der Waals surface area contributed by atoms with Crippen LogP contribution >= 0.6 is 0 Å². The fourth-order valence-electron chi connectivity index (χ4n) is 2.87. The van der Waals surface area contributed by atoms with E-state index in [9.17, 15) is 4.79 Å². The van der Waals surface area contributed by atoms with Crippen molar-refractivity contribution in [1.82, 2.24) is 5.32 Å². The highest BCUT2D eigenvalue weighted by atomic mass is 16.1. The molecule has 0 saturated carbocycles. The normalized spacial score (nSPS) is 15.8. The van der Waals surface area contributed by atoms with Crippen molar-refractivity contribution >= 4 is 5.91 Å². The quantitative estimate of drug-likeness (QED) is 0.886. The molecule has 0 aromatic heterocycles. The summed E-state index contributed by atoms with van der Waals surface area (Å²) >= 11 is 0. The van der Waals surface area contributed by atoms with Crippen molar-refractivity contribution in [2.24, 2.45) is 5.73 Å². The Bertz CT molecular complexity index is 597. The Kier molecular flexibility index (Phi) is 3.28. The highest BCUT2D eigenvalue weighted by Crippen LogP contribution is 2.30. The number of nitrogens with two attached hydrogens (primary N) is 1. The van der Waals surface area contributed by atoms with Gasteiger partial charge in [0.2, 0.25) is 5.91 Å². The molecule has 3 heteroatoms. The monoisotopic (exact) mass is 266 g/mol. The minimum atomic E-state index is -0.653. The number of amides is 1. The maximum atomic E-state index is 12.0. The molecule has 3 nitrogen and oxygen atoms in total. The summed E-state index contributed by atoms with van der Waals surface area (Å²) in [6, 6.07) is 18.2. The summed E-state index contributed by atoms with van der Waals surface area (Å²) < 4.78 is 0. The molecule has 0 spiro atoms. The minimum absolute atomic E-state index is 0.273. The average Bonchev–Trinajstić information content (AvgIpc) is 2.86. The number of carbonyl (C=O) groups is 1. The molecule has 0 atom stereocenters. The molecule has 3 rings (SSSR count). The van der Waals surface area contributed by atoms with Gasteiger partial charge >= 0.3 is 0 Å². The third-order valence-corrected chi connectivity index (χ3v) is 4.05.